The van der Waals surface area contributed by atoms with Gasteiger partial charge in [0, 0.05) is 36.8 Å². The minimum Gasteiger partial charge on any atom is -0.371 e. The Kier molecular flexibility index (Phi) is 5.02. The molecule has 0 spiro atoms. The Morgan fingerprint density at radius 3 is 2.62 bits per heavy atom. The smallest absolute Gasteiger partial charge is 0.255 e. The number of anilines is 1. The molecular formula is C21H26N4O4. The van der Waals surface area contributed by atoms with Gasteiger partial charge in [0.2, 0.25) is 17.7 Å². The fourth-order valence-corrected chi connectivity index (χ4v) is 4.76. The lowest BCUT2D eigenvalue weighted by molar-refractivity contribution is -0.137. The van der Waals surface area contributed by atoms with Gasteiger partial charge in [-0.3, -0.25) is 24.5 Å². The summed E-state index contributed by atoms with van der Waals surface area (Å²) in [6.07, 6.45) is 5.07. The van der Waals surface area contributed by atoms with Crippen LogP contribution in [-0.4, -0.2) is 47.2 Å². The number of carbonyl (C=O) groups is 4. The molecule has 1 saturated heterocycles. The summed E-state index contributed by atoms with van der Waals surface area (Å²) in [6.45, 7) is 0.285. The number of likely N-dealkylation sites (N-methyl/N-ethyl adjacent to an activating group) is 1. The zero-order valence-corrected chi connectivity index (χ0v) is 16.5. The van der Waals surface area contributed by atoms with Crippen LogP contribution in [0.25, 0.3) is 0 Å². The van der Waals surface area contributed by atoms with Gasteiger partial charge in [0.25, 0.3) is 5.91 Å². The molecule has 1 aliphatic carbocycles. The molecule has 29 heavy (non-hydrogen) atoms. The van der Waals surface area contributed by atoms with Gasteiger partial charge in [-0.15, -0.1) is 0 Å². The summed E-state index contributed by atoms with van der Waals surface area (Å²) in [7, 11) is 1.64. The average Bonchev–Trinajstić information content (AvgIpc) is 3.06. The van der Waals surface area contributed by atoms with E-state index in [0.29, 0.717) is 12.0 Å². The van der Waals surface area contributed by atoms with Crippen LogP contribution in [0.1, 0.15) is 60.9 Å². The summed E-state index contributed by atoms with van der Waals surface area (Å²) in [5.74, 6) is -0.981. The molecule has 8 nitrogen and oxygen atoms in total. The van der Waals surface area contributed by atoms with Crippen molar-refractivity contribution in [2.75, 3.05) is 12.4 Å². The SMILES string of the molecule is CNC(=O)C1(Nc2cccc3c2CN(C2CCC(=O)NC2=O)C3=O)CCCCC1. The summed E-state index contributed by atoms with van der Waals surface area (Å²) in [5, 5.41) is 8.56. The second-order valence-electron chi connectivity index (χ2n) is 8.08. The molecule has 2 fully saturated rings. The van der Waals surface area contributed by atoms with Gasteiger partial charge in [-0.2, -0.15) is 0 Å². The van der Waals surface area contributed by atoms with E-state index in [2.05, 4.69) is 16.0 Å². The number of hydrogen-bond acceptors (Lipinski definition) is 5. The van der Waals surface area contributed by atoms with Crippen LogP contribution in [0, 0.1) is 0 Å². The lowest BCUT2D eigenvalue weighted by Gasteiger charge is -2.37. The summed E-state index contributed by atoms with van der Waals surface area (Å²) in [4.78, 5) is 51.0. The molecule has 154 valence electrons. The maximum atomic E-state index is 13.0. The lowest BCUT2D eigenvalue weighted by atomic mass is 9.80. The molecule has 0 aromatic heterocycles. The van der Waals surface area contributed by atoms with Crippen molar-refractivity contribution in [1.29, 1.82) is 0 Å². The first kappa shape index (κ1) is 19.4. The third-order valence-corrected chi connectivity index (χ3v) is 6.32. The number of benzene rings is 1. The number of nitrogens with one attached hydrogen (secondary N) is 3. The standard InChI is InChI=1S/C21H26N4O4/c1-22-20(29)21(10-3-2-4-11-21)24-15-7-5-6-13-14(15)12-25(19(13)28)16-8-9-17(26)23-18(16)27/h5-7,16,24H,2-4,8-12H2,1H3,(H,22,29)(H,23,26,27). The van der Waals surface area contributed by atoms with E-state index in [-0.39, 0.29) is 30.7 Å². The van der Waals surface area contributed by atoms with Crippen LogP contribution in [0.15, 0.2) is 18.2 Å². The van der Waals surface area contributed by atoms with Crippen molar-refractivity contribution in [3.63, 3.8) is 0 Å². The van der Waals surface area contributed by atoms with Crippen LogP contribution < -0.4 is 16.0 Å². The molecule has 1 saturated carbocycles. The number of amides is 4. The first-order chi connectivity index (χ1) is 13.9. The van der Waals surface area contributed by atoms with E-state index < -0.39 is 17.5 Å². The molecule has 4 rings (SSSR count). The summed E-state index contributed by atoms with van der Waals surface area (Å²) >= 11 is 0. The van der Waals surface area contributed by atoms with Gasteiger partial charge in [-0.05, 0) is 31.4 Å². The molecule has 0 bridgehead atoms. The first-order valence-corrected chi connectivity index (χ1v) is 10.2. The molecule has 2 heterocycles. The Balaban J connectivity index is 1.62. The van der Waals surface area contributed by atoms with E-state index in [1.54, 1.807) is 19.2 Å². The topological polar surface area (TPSA) is 108 Å². The molecule has 2 aliphatic heterocycles. The Morgan fingerprint density at radius 2 is 1.93 bits per heavy atom. The molecule has 3 N–H and O–H groups in total. The number of nitrogens with zero attached hydrogens (tertiary/aromatic N) is 1. The van der Waals surface area contributed by atoms with Crippen molar-refractivity contribution in [1.82, 2.24) is 15.5 Å². The molecular weight excluding hydrogens is 372 g/mol. The van der Waals surface area contributed by atoms with E-state index in [1.165, 1.54) is 4.90 Å². The summed E-state index contributed by atoms with van der Waals surface area (Å²) in [6, 6.07) is 4.79. The highest BCUT2D eigenvalue weighted by Crippen LogP contribution is 2.37. The predicted molar refractivity (Wildman–Crippen MR) is 106 cm³/mol. The minimum absolute atomic E-state index is 0.0406. The average molecular weight is 398 g/mol. The largest absolute Gasteiger partial charge is 0.371 e. The molecule has 1 unspecified atom stereocenters. The number of hydrogen-bond donors (Lipinski definition) is 3. The number of carbonyl (C=O) groups excluding carboxylic acids is 4. The third-order valence-electron chi connectivity index (χ3n) is 6.32. The van der Waals surface area contributed by atoms with E-state index in [0.717, 1.165) is 43.4 Å². The van der Waals surface area contributed by atoms with Gasteiger partial charge in [0.1, 0.15) is 11.6 Å². The highest BCUT2D eigenvalue weighted by Gasteiger charge is 2.42. The summed E-state index contributed by atoms with van der Waals surface area (Å²) < 4.78 is 0. The van der Waals surface area contributed by atoms with Gasteiger partial charge in [0.15, 0.2) is 0 Å². The van der Waals surface area contributed by atoms with Crippen LogP contribution in [0.3, 0.4) is 0 Å². The highest BCUT2D eigenvalue weighted by atomic mass is 16.2. The molecule has 0 radical (unpaired) electrons. The number of piperidine rings is 1. The zero-order valence-electron chi connectivity index (χ0n) is 16.5. The van der Waals surface area contributed by atoms with Crippen molar-refractivity contribution in [3.8, 4) is 0 Å². The maximum Gasteiger partial charge on any atom is 0.255 e. The molecule has 8 heteroatoms. The second-order valence-corrected chi connectivity index (χ2v) is 8.08. The van der Waals surface area contributed by atoms with Crippen LogP contribution >= 0.6 is 0 Å². The Bertz CT molecular complexity index is 875. The number of fused-ring (bicyclic) bond motifs is 1. The molecule has 1 aromatic carbocycles. The Labute approximate surface area is 169 Å². The van der Waals surface area contributed by atoms with E-state index in [9.17, 15) is 19.2 Å². The van der Waals surface area contributed by atoms with Crippen LogP contribution in [0.5, 0.6) is 0 Å². The second kappa shape index (κ2) is 7.50. The normalized spacial score (nSPS) is 23.4. The molecule has 1 aromatic rings. The predicted octanol–water partition coefficient (Wildman–Crippen LogP) is 1.31. The van der Waals surface area contributed by atoms with Crippen molar-refractivity contribution in [3.05, 3.63) is 29.3 Å². The fraction of sp³-hybridized carbons (Fsp3) is 0.524. The van der Waals surface area contributed by atoms with E-state index in [4.69, 9.17) is 0 Å². The zero-order chi connectivity index (χ0) is 20.6. The van der Waals surface area contributed by atoms with Gasteiger partial charge >= 0.3 is 0 Å². The van der Waals surface area contributed by atoms with Crippen LogP contribution in [0.4, 0.5) is 5.69 Å². The quantitative estimate of drug-likeness (QED) is 0.663. The number of imide groups is 1. The van der Waals surface area contributed by atoms with Crippen LogP contribution in [0.2, 0.25) is 0 Å². The molecule has 1 atom stereocenters. The van der Waals surface area contributed by atoms with E-state index >= 15 is 0 Å². The van der Waals surface area contributed by atoms with Gasteiger partial charge in [-0.1, -0.05) is 25.3 Å². The Morgan fingerprint density at radius 1 is 1.17 bits per heavy atom. The summed E-state index contributed by atoms with van der Waals surface area (Å²) in [5.41, 5.74) is 1.42. The highest BCUT2D eigenvalue weighted by molar-refractivity contribution is 6.06. The first-order valence-electron chi connectivity index (χ1n) is 10.2. The monoisotopic (exact) mass is 398 g/mol. The van der Waals surface area contributed by atoms with E-state index in [1.807, 2.05) is 6.07 Å². The Hall–Kier alpha value is -2.90. The molecule has 4 amide bonds. The minimum atomic E-state index is -0.687. The fourth-order valence-electron chi connectivity index (χ4n) is 4.76. The van der Waals surface area contributed by atoms with Gasteiger partial charge in [0.05, 0.1) is 0 Å². The van der Waals surface area contributed by atoms with Crippen molar-refractivity contribution in [2.24, 2.45) is 0 Å². The van der Waals surface area contributed by atoms with Crippen molar-refractivity contribution in [2.45, 2.75) is 63.1 Å². The number of rotatable bonds is 4. The lowest BCUT2D eigenvalue weighted by Crippen LogP contribution is -2.53. The van der Waals surface area contributed by atoms with Crippen LogP contribution in [-0.2, 0) is 20.9 Å². The van der Waals surface area contributed by atoms with Gasteiger partial charge in [-0.25, -0.2) is 0 Å². The molecule has 3 aliphatic rings. The van der Waals surface area contributed by atoms with Crippen molar-refractivity contribution >= 4 is 29.3 Å². The van der Waals surface area contributed by atoms with Gasteiger partial charge < -0.3 is 15.5 Å². The third kappa shape index (κ3) is 3.36. The maximum absolute atomic E-state index is 13.0. The van der Waals surface area contributed by atoms with Crippen molar-refractivity contribution < 1.29 is 19.2 Å².